The fourth-order valence-electron chi connectivity index (χ4n) is 4.51. The minimum atomic E-state index is -1.47. The van der Waals surface area contributed by atoms with Crippen LogP contribution in [-0.2, 0) is 4.84 Å². The molecule has 34 heavy (non-hydrogen) atoms. The Morgan fingerprint density at radius 2 is 1.97 bits per heavy atom. The average Bonchev–Trinajstić information content (AvgIpc) is 3.29. The molecule has 2 aliphatic rings. The molecule has 1 saturated heterocycles. The molecule has 0 radical (unpaired) electrons. The minimum Gasteiger partial charge on any atom is -0.496 e. The molecule has 3 aromatic rings. The number of oxime groups is 1. The Bertz CT molecular complexity index is 1230. The Kier molecular flexibility index (Phi) is 6.00. The summed E-state index contributed by atoms with van der Waals surface area (Å²) in [5, 5.41) is 8.07. The highest BCUT2D eigenvalue weighted by atomic mass is 19.2. The number of aromatic nitrogens is 1. The zero-order chi connectivity index (χ0) is 23.7. The summed E-state index contributed by atoms with van der Waals surface area (Å²) in [6.07, 6.45) is 7.22. The van der Waals surface area contributed by atoms with Crippen molar-refractivity contribution in [2.24, 2.45) is 5.16 Å². The van der Waals surface area contributed by atoms with Crippen molar-refractivity contribution >= 4 is 11.9 Å². The van der Waals surface area contributed by atoms with Gasteiger partial charge in [-0.25, -0.2) is 13.2 Å². The van der Waals surface area contributed by atoms with Gasteiger partial charge in [0.15, 0.2) is 23.3 Å². The van der Waals surface area contributed by atoms with Crippen molar-refractivity contribution in [3.8, 4) is 16.9 Å². The van der Waals surface area contributed by atoms with Crippen LogP contribution in [0.1, 0.15) is 36.4 Å². The van der Waals surface area contributed by atoms with Crippen molar-refractivity contribution in [3.63, 3.8) is 0 Å². The number of ether oxygens (including phenoxy) is 1. The smallest absolute Gasteiger partial charge is 0.194 e. The van der Waals surface area contributed by atoms with Crippen LogP contribution in [0.2, 0.25) is 0 Å². The molecule has 176 valence electrons. The van der Waals surface area contributed by atoms with Crippen LogP contribution in [0.4, 0.5) is 13.2 Å². The second-order valence-corrected chi connectivity index (χ2v) is 8.19. The molecule has 0 saturated carbocycles. The lowest BCUT2D eigenvalue weighted by molar-refractivity contribution is 0.140. The third-order valence-corrected chi connectivity index (χ3v) is 6.11. The molecule has 1 fully saturated rings. The number of nitrogens with zero attached hydrogens (tertiary/aromatic N) is 3. The standard InChI is InChI=1S/C25H22F3N3O3/c1-32-23-10-15(4-5-19(23)18-13-29-34-14-18)9-16-3-2-7-31-22(6-8-33-30-25(16)31)17-11-20(26)24(28)21(27)12-17/h4-5,9-14,22H,2-3,6-8H2,1H3/b16-9+. The van der Waals surface area contributed by atoms with E-state index in [1.54, 1.807) is 19.6 Å². The molecule has 1 atom stereocenters. The van der Waals surface area contributed by atoms with Gasteiger partial charge in [-0.05, 0) is 59.9 Å². The van der Waals surface area contributed by atoms with Gasteiger partial charge in [0.05, 0.1) is 19.3 Å². The molecule has 0 bridgehead atoms. The topological polar surface area (TPSA) is 60.1 Å². The summed E-state index contributed by atoms with van der Waals surface area (Å²) in [5.74, 6) is -2.59. The number of piperidine rings is 1. The molecule has 5 rings (SSSR count). The van der Waals surface area contributed by atoms with Gasteiger partial charge in [-0.1, -0.05) is 16.4 Å². The summed E-state index contributed by atoms with van der Waals surface area (Å²) >= 11 is 0. The van der Waals surface area contributed by atoms with Gasteiger partial charge in [-0.15, -0.1) is 0 Å². The van der Waals surface area contributed by atoms with E-state index < -0.39 is 17.5 Å². The van der Waals surface area contributed by atoms with Crippen LogP contribution in [0.5, 0.6) is 5.75 Å². The van der Waals surface area contributed by atoms with Crippen LogP contribution >= 0.6 is 0 Å². The molecule has 2 aliphatic heterocycles. The molecule has 0 aliphatic carbocycles. The normalized spacial score (nSPS) is 19.3. The van der Waals surface area contributed by atoms with E-state index in [1.165, 1.54) is 0 Å². The third-order valence-electron chi connectivity index (χ3n) is 6.11. The van der Waals surface area contributed by atoms with E-state index in [-0.39, 0.29) is 12.6 Å². The number of amidine groups is 1. The lowest BCUT2D eigenvalue weighted by atomic mass is 9.94. The maximum absolute atomic E-state index is 14.0. The SMILES string of the molecule is COc1cc(/C=C2\CCCN3C2=NOCCC3c2cc(F)c(F)c(F)c2)ccc1-c1cnoc1. The number of benzene rings is 2. The molecular weight excluding hydrogens is 447 g/mol. The first-order valence-electron chi connectivity index (χ1n) is 10.9. The van der Waals surface area contributed by atoms with Crippen molar-refractivity contribution in [1.29, 1.82) is 0 Å². The molecule has 2 aromatic carbocycles. The number of halogens is 3. The molecule has 1 unspecified atom stereocenters. The van der Waals surface area contributed by atoms with Crippen LogP contribution in [0.25, 0.3) is 17.2 Å². The molecule has 3 heterocycles. The van der Waals surface area contributed by atoms with Crippen molar-refractivity contribution in [2.45, 2.75) is 25.3 Å². The highest BCUT2D eigenvalue weighted by Gasteiger charge is 2.32. The van der Waals surface area contributed by atoms with Crippen LogP contribution in [0.15, 0.2) is 58.0 Å². The van der Waals surface area contributed by atoms with E-state index in [0.29, 0.717) is 30.1 Å². The zero-order valence-electron chi connectivity index (χ0n) is 18.4. The number of rotatable bonds is 4. The molecule has 1 aromatic heterocycles. The maximum atomic E-state index is 14.0. The fourth-order valence-corrected chi connectivity index (χ4v) is 4.51. The molecule has 6 nitrogen and oxygen atoms in total. The van der Waals surface area contributed by atoms with E-state index in [0.717, 1.165) is 47.2 Å². The van der Waals surface area contributed by atoms with Gasteiger partial charge >= 0.3 is 0 Å². The lowest BCUT2D eigenvalue weighted by Crippen LogP contribution is -2.39. The van der Waals surface area contributed by atoms with Crippen molar-refractivity contribution < 1.29 is 27.3 Å². The van der Waals surface area contributed by atoms with Gasteiger partial charge in [0.25, 0.3) is 0 Å². The second kappa shape index (κ2) is 9.24. The van der Waals surface area contributed by atoms with Gasteiger partial charge in [0.2, 0.25) is 0 Å². The van der Waals surface area contributed by atoms with Gasteiger partial charge in [0, 0.05) is 24.1 Å². The average molecular weight is 469 g/mol. The first-order chi connectivity index (χ1) is 16.5. The van der Waals surface area contributed by atoms with Crippen LogP contribution < -0.4 is 4.74 Å². The molecule has 0 spiro atoms. The zero-order valence-corrected chi connectivity index (χ0v) is 18.4. The Hall–Kier alpha value is -3.75. The predicted molar refractivity (Wildman–Crippen MR) is 119 cm³/mol. The van der Waals surface area contributed by atoms with Crippen molar-refractivity contribution in [3.05, 3.63) is 76.9 Å². The summed E-state index contributed by atoms with van der Waals surface area (Å²) in [6, 6.07) is 7.51. The number of fused-ring (bicyclic) bond motifs is 1. The summed E-state index contributed by atoms with van der Waals surface area (Å²) in [7, 11) is 1.60. The Balaban J connectivity index is 1.49. The fraction of sp³-hybridized carbons (Fsp3) is 0.280. The van der Waals surface area contributed by atoms with Crippen molar-refractivity contribution in [1.82, 2.24) is 10.1 Å². The van der Waals surface area contributed by atoms with E-state index in [2.05, 4.69) is 10.3 Å². The van der Waals surface area contributed by atoms with Crippen LogP contribution in [0.3, 0.4) is 0 Å². The third kappa shape index (κ3) is 4.13. The Morgan fingerprint density at radius 3 is 2.71 bits per heavy atom. The predicted octanol–water partition coefficient (Wildman–Crippen LogP) is 5.72. The summed E-state index contributed by atoms with van der Waals surface area (Å²) < 4.78 is 52.0. The minimum absolute atomic E-state index is 0.278. The van der Waals surface area contributed by atoms with Crippen LogP contribution in [0, 0.1) is 17.5 Å². The lowest BCUT2D eigenvalue weighted by Gasteiger charge is -2.36. The van der Waals surface area contributed by atoms with Gasteiger partial charge in [-0.2, -0.15) is 0 Å². The molecular formula is C25H22F3N3O3. The van der Waals surface area contributed by atoms with Gasteiger partial charge in [-0.3, -0.25) is 0 Å². The van der Waals surface area contributed by atoms with Crippen molar-refractivity contribution in [2.75, 3.05) is 20.3 Å². The second-order valence-electron chi connectivity index (χ2n) is 8.19. The van der Waals surface area contributed by atoms with E-state index in [4.69, 9.17) is 14.1 Å². The highest BCUT2D eigenvalue weighted by Crippen LogP contribution is 2.36. The molecule has 0 N–H and O–H groups in total. The Morgan fingerprint density at radius 1 is 1.15 bits per heavy atom. The highest BCUT2D eigenvalue weighted by molar-refractivity contribution is 6.02. The monoisotopic (exact) mass is 469 g/mol. The largest absolute Gasteiger partial charge is 0.496 e. The number of methoxy groups -OCH3 is 1. The van der Waals surface area contributed by atoms with Gasteiger partial charge in [0.1, 0.15) is 18.6 Å². The number of hydrogen-bond acceptors (Lipinski definition) is 6. The molecule has 9 heteroatoms. The Labute approximate surface area is 194 Å². The first kappa shape index (κ1) is 22.1. The maximum Gasteiger partial charge on any atom is 0.194 e. The summed E-state index contributed by atoms with van der Waals surface area (Å²) in [4.78, 5) is 7.47. The summed E-state index contributed by atoms with van der Waals surface area (Å²) in [6.45, 7) is 0.917. The number of hydrogen-bond donors (Lipinski definition) is 0. The molecule has 0 amide bonds. The van der Waals surface area contributed by atoms with E-state index in [1.807, 2.05) is 29.2 Å². The van der Waals surface area contributed by atoms with Crippen LogP contribution in [-0.4, -0.2) is 36.2 Å². The summed E-state index contributed by atoms with van der Waals surface area (Å²) in [5.41, 5.74) is 3.85. The van der Waals surface area contributed by atoms with Gasteiger partial charge < -0.3 is 19.0 Å². The van der Waals surface area contributed by atoms with E-state index >= 15 is 0 Å². The first-order valence-corrected chi connectivity index (χ1v) is 10.9. The van der Waals surface area contributed by atoms with E-state index in [9.17, 15) is 13.2 Å². The quantitative estimate of drug-likeness (QED) is 0.458.